The van der Waals surface area contributed by atoms with Crippen LogP contribution in [0.5, 0.6) is 0 Å². The van der Waals surface area contributed by atoms with Gasteiger partial charge < -0.3 is 0 Å². The summed E-state index contributed by atoms with van der Waals surface area (Å²) in [6.45, 7) is 2.49. The summed E-state index contributed by atoms with van der Waals surface area (Å²) in [5.74, 6) is -0.0586. The quantitative estimate of drug-likeness (QED) is 0.721. The highest BCUT2D eigenvalue weighted by atomic mass is 79.9. The number of nitrogens with zero attached hydrogens (tertiary/aromatic N) is 1. The fourth-order valence-electron chi connectivity index (χ4n) is 1.89. The van der Waals surface area contributed by atoms with E-state index in [0.29, 0.717) is 23.0 Å². The second-order valence-electron chi connectivity index (χ2n) is 4.24. The zero-order valence-electron chi connectivity index (χ0n) is 9.24. The van der Waals surface area contributed by atoms with E-state index >= 15 is 0 Å². The Morgan fingerprint density at radius 3 is 2.65 bits per heavy atom. The van der Waals surface area contributed by atoms with E-state index < -0.39 is 0 Å². The van der Waals surface area contributed by atoms with Crippen molar-refractivity contribution in [1.29, 1.82) is 0 Å². The van der Waals surface area contributed by atoms with Crippen molar-refractivity contribution in [1.82, 2.24) is 4.90 Å². The number of hydrogen-bond acceptors (Lipinski definition) is 2. The molecule has 0 radical (unpaired) electrons. The largest absolute Gasteiger partial charge is 0.278 e. The third kappa shape index (κ3) is 2.60. The Balaban J connectivity index is 2.28. The minimum absolute atomic E-state index is 0.0858. The van der Waals surface area contributed by atoms with Gasteiger partial charge in [0, 0.05) is 21.9 Å². The Labute approximate surface area is 116 Å². The first-order chi connectivity index (χ1) is 7.99. The molecular weight excluding hydrogens is 350 g/mol. The summed E-state index contributed by atoms with van der Waals surface area (Å²) in [4.78, 5) is 25.2. The van der Waals surface area contributed by atoms with Crippen LogP contribution in [-0.4, -0.2) is 23.3 Å². The van der Waals surface area contributed by atoms with Gasteiger partial charge in [0.15, 0.2) is 0 Å². The average Bonchev–Trinajstić information content (AvgIpc) is 2.57. The smallest absolute Gasteiger partial charge is 0.261 e. The van der Waals surface area contributed by atoms with Crippen molar-refractivity contribution in [2.24, 2.45) is 5.92 Å². The summed E-state index contributed by atoms with van der Waals surface area (Å²) in [5.41, 5.74) is 0.524. The van der Waals surface area contributed by atoms with Crippen LogP contribution < -0.4 is 0 Å². The molecule has 1 aromatic rings. The van der Waals surface area contributed by atoms with E-state index in [4.69, 9.17) is 0 Å². The number of amides is 2. The number of benzene rings is 1. The van der Waals surface area contributed by atoms with Crippen LogP contribution in [0.15, 0.2) is 27.1 Å². The zero-order chi connectivity index (χ0) is 12.6. The Morgan fingerprint density at radius 2 is 2.12 bits per heavy atom. The lowest BCUT2D eigenvalue weighted by molar-refractivity contribution is -0.125. The number of hydrogen-bond donors (Lipinski definition) is 0. The monoisotopic (exact) mass is 359 g/mol. The summed E-state index contributed by atoms with van der Waals surface area (Å²) in [6, 6.07) is 5.31. The van der Waals surface area contributed by atoms with Crippen molar-refractivity contribution < 1.29 is 9.59 Å². The molecule has 0 aromatic heterocycles. The average molecular weight is 361 g/mol. The minimum atomic E-state index is -0.223. The van der Waals surface area contributed by atoms with Gasteiger partial charge in [0.2, 0.25) is 5.91 Å². The fourth-order valence-corrected chi connectivity index (χ4v) is 3.11. The Bertz CT molecular complexity index is 487. The van der Waals surface area contributed by atoms with E-state index in [0.717, 1.165) is 4.47 Å². The fraction of sp³-hybridized carbons (Fsp3) is 0.333. The third-order valence-electron chi connectivity index (χ3n) is 2.73. The summed E-state index contributed by atoms with van der Waals surface area (Å²) in [5, 5.41) is 0. The summed E-state index contributed by atoms with van der Waals surface area (Å²) in [6.07, 6.45) is 0.458. The van der Waals surface area contributed by atoms with Crippen molar-refractivity contribution in [2.75, 3.05) is 6.54 Å². The molecule has 2 rings (SSSR count). The molecule has 1 aromatic carbocycles. The molecule has 0 bridgehead atoms. The molecule has 5 heteroatoms. The molecule has 1 heterocycles. The number of rotatable bonds is 1. The van der Waals surface area contributed by atoms with E-state index in [9.17, 15) is 9.59 Å². The predicted octanol–water partition coefficient (Wildman–Crippen LogP) is 3.22. The summed E-state index contributed by atoms with van der Waals surface area (Å²) < 4.78 is 1.59. The van der Waals surface area contributed by atoms with E-state index in [1.807, 2.05) is 6.92 Å². The molecule has 1 unspecified atom stereocenters. The van der Waals surface area contributed by atoms with Crippen molar-refractivity contribution in [3.8, 4) is 0 Å². The molecule has 1 saturated heterocycles. The Hall–Kier alpha value is -0.680. The van der Waals surface area contributed by atoms with Crippen LogP contribution >= 0.6 is 31.9 Å². The molecule has 0 spiro atoms. The molecular formula is C12H11Br2NO2. The van der Waals surface area contributed by atoms with Crippen LogP contribution in [0.4, 0.5) is 0 Å². The molecule has 90 valence electrons. The Kier molecular flexibility index (Phi) is 3.68. The maximum absolute atomic E-state index is 12.2. The highest BCUT2D eigenvalue weighted by molar-refractivity contribution is 9.11. The van der Waals surface area contributed by atoms with E-state index in [-0.39, 0.29) is 17.7 Å². The van der Waals surface area contributed by atoms with Crippen LogP contribution in [0.1, 0.15) is 23.7 Å². The molecule has 2 amide bonds. The van der Waals surface area contributed by atoms with Gasteiger partial charge in [-0.15, -0.1) is 0 Å². The molecule has 1 atom stereocenters. The second kappa shape index (κ2) is 4.90. The minimum Gasteiger partial charge on any atom is -0.278 e. The first kappa shape index (κ1) is 12.8. The van der Waals surface area contributed by atoms with Gasteiger partial charge in [0.25, 0.3) is 5.91 Å². The number of imide groups is 1. The summed E-state index contributed by atoms with van der Waals surface area (Å²) >= 11 is 6.67. The van der Waals surface area contributed by atoms with Gasteiger partial charge in [-0.1, -0.05) is 22.9 Å². The van der Waals surface area contributed by atoms with E-state index in [2.05, 4.69) is 31.9 Å². The third-order valence-corrected chi connectivity index (χ3v) is 3.87. The topological polar surface area (TPSA) is 37.4 Å². The van der Waals surface area contributed by atoms with Gasteiger partial charge in [0.05, 0.1) is 5.56 Å². The first-order valence-corrected chi connectivity index (χ1v) is 6.87. The van der Waals surface area contributed by atoms with Gasteiger partial charge in [-0.05, 0) is 40.0 Å². The van der Waals surface area contributed by atoms with Gasteiger partial charge in [0.1, 0.15) is 0 Å². The van der Waals surface area contributed by atoms with E-state index in [1.165, 1.54) is 4.90 Å². The van der Waals surface area contributed by atoms with Crippen LogP contribution in [-0.2, 0) is 4.79 Å². The normalized spacial score (nSPS) is 19.8. The molecule has 0 aliphatic carbocycles. The molecule has 0 N–H and O–H groups in total. The number of likely N-dealkylation sites (tertiary alicyclic amines) is 1. The van der Waals surface area contributed by atoms with E-state index in [1.54, 1.807) is 18.2 Å². The maximum Gasteiger partial charge on any atom is 0.261 e. The molecule has 17 heavy (non-hydrogen) atoms. The van der Waals surface area contributed by atoms with Gasteiger partial charge >= 0.3 is 0 Å². The van der Waals surface area contributed by atoms with Crippen LogP contribution in [0.25, 0.3) is 0 Å². The summed E-state index contributed by atoms with van der Waals surface area (Å²) in [7, 11) is 0. The lowest BCUT2D eigenvalue weighted by Gasteiger charge is -2.15. The number of carbonyl (C=O) groups excluding carboxylic acids is 2. The standard InChI is InChI=1S/C12H11Br2NO2/c1-7-4-11(16)15(6-7)12(17)9-3-2-8(13)5-10(9)14/h2-3,5,7H,4,6H2,1H3. The van der Waals surface area contributed by atoms with Crippen molar-refractivity contribution in [3.63, 3.8) is 0 Å². The maximum atomic E-state index is 12.2. The molecule has 1 aliphatic rings. The van der Waals surface area contributed by atoms with Gasteiger partial charge in [-0.25, -0.2) is 0 Å². The zero-order valence-corrected chi connectivity index (χ0v) is 12.4. The lowest BCUT2D eigenvalue weighted by Crippen LogP contribution is -2.32. The molecule has 1 aliphatic heterocycles. The highest BCUT2D eigenvalue weighted by Crippen LogP contribution is 2.26. The second-order valence-corrected chi connectivity index (χ2v) is 6.01. The van der Waals surface area contributed by atoms with Crippen molar-refractivity contribution in [3.05, 3.63) is 32.7 Å². The Morgan fingerprint density at radius 1 is 1.41 bits per heavy atom. The molecule has 3 nitrogen and oxygen atoms in total. The van der Waals surface area contributed by atoms with Crippen LogP contribution in [0.3, 0.4) is 0 Å². The number of carbonyl (C=O) groups is 2. The number of halogens is 2. The van der Waals surface area contributed by atoms with Crippen molar-refractivity contribution in [2.45, 2.75) is 13.3 Å². The lowest BCUT2D eigenvalue weighted by atomic mass is 10.2. The first-order valence-electron chi connectivity index (χ1n) is 5.29. The predicted molar refractivity (Wildman–Crippen MR) is 71.7 cm³/mol. The molecule has 1 fully saturated rings. The SMILES string of the molecule is CC1CC(=O)N(C(=O)c2ccc(Br)cc2Br)C1. The molecule has 0 saturated carbocycles. The van der Waals surface area contributed by atoms with Crippen molar-refractivity contribution >= 4 is 43.7 Å². The van der Waals surface area contributed by atoms with Crippen LogP contribution in [0, 0.1) is 5.92 Å². The van der Waals surface area contributed by atoms with Gasteiger partial charge in [-0.2, -0.15) is 0 Å². The van der Waals surface area contributed by atoms with Crippen LogP contribution in [0.2, 0.25) is 0 Å². The highest BCUT2D eigenvalue weighted by Gasteiger charge is 2.32. The van der Waals surface area contributed by atoms with Gasteiger partial charge in [-0.3, -0.25) is 14.5 Å².